The second kappa shape index (κ2) is 5.77. The molecule has 18 heavy (non-hydrogen) atoms. The highest BCUT2D eigenvalue weighted by molar-refractivity contribution is 6.01. The molecule has 3 heteroatoms. The van der Waals surface area contributed by atoms with Gasteiger partial charge < -0.3 is 5.32 Å². The molecule has 0 aliphatic heterocycles. The van der Waals surface area contributed by atoms with E-state index in [9.17, 15) is 9.59 Å². The minimum atomic E-state index is -0.633. The molecule has 0 saturated heterocycles. The zero-order valence-electron chi connectivity index (χ0n) is 9.74. The van der Waals surface area contributed by atoms with E-state index in [0.717, 1.165) is 5.56 Å². The van der Waals surface area contributed by atoms with E-state index >= 15 is 0 Å². The summed E-state index contributed by atoms with van der Waals surface area (Å²) in [4.78, 5) is 23.0. The average Bonchev–Trinajstić information content (AvgIpc) is 2.46. The molecule has 1 N–H and O–H groups in total. The van der Waals surface area contributed by atoms with Gasteiger partial charge in [-0.3, -0.25) is 9.59 Å². The van der Waals surface area contributed by atoms with Crippen molar-refractivity contribution in [2.75, 3.05) is 0 Å². The number of nitrogens with one attached hydrogen (secondary N) is 1. The first kappa shape index (κ1) is 12.0. The van der Waals surface area contributed by atoms with Crippen LogP contribution in [0.2, 0.25) is 0 Å². The van der Waals surface area contributed by atoms with Crippen LogP contribution in [0.4, 0.5) is 0 Å². The summed E-state index contributed by atoms with van der Waals surface area (Å²) < 4.78 is 0. The van der Waals surface area contributed by atoms with E-state index in [1.54, 1.807) is 24.3 Å². The fraction of sp³-hybridized carbons (Fsp3) is 0.0667. The Morgan fingerprint density at radius 1 is 0.944 bits per heavy atom. The highest BCUT2D eigenvalue weighted by Crippen LogP contribution is 2.17. The minimum Gasteiger partial charge on any atom is -0.344 e. The van der Waals surface area contributed by atoms with E-state index in [-0.39, 0.29) is 5.78 Å². The molecule has 3 nitrogen and oxygen atoms in total. The van der Waals surface area contributed by atoms with Gasteiger partial charge in [0.05, 0.1) is 0 Å². The Bertz CT molecular complexity index is 523. The quantitative estimate of drug-likeness (QED) is 0.643. The van der Waals surface area contributed by atoms with Crippen molar-refractivity contribution in [3.63, 3.8) is 0 Å². The Kier molecular flexibility index (Phi) is 3.86. The van der Waals surface area contributed by atoms with Gasteiger partial charge in [0, 0.05) is 5.56 Å². The second-order valence-corrected chi connectivity index (χ2v) is 3.86. The average molecular weight is 239 g/mol. The number of rotatable bonds is 5. The summed E-state index contributed by atoms with van der Waals surface area (Å²) in [5.74, 6) is -0.117. The van der Waals surface area contributed by atoms with Crippen LogP contribution >= 0.6 is 0 Å². The molecule has 2 aromatic rings. The van der Waals surface area contributed by atoms with E-state index in [1.807, 2.05) is 36.4 Å². The lowest BCUT2D eigenvalue weighted by atomic mass is 9.98. The van der Waals surface area contributed by atoms with Crippen LogP contribution in [-0.2, 0) is 4.79 Å². The van der Waals surface area contributed by atoms with E-state index in [1.165, 1.54) is 0 Å². The number of carbonyl (C=O) groups excluding carboxylic acids is 2. The highest BCUT2D eigenvalue weighted by Gasteiger charge is 2.20. The maximum absolute atomic E-state index is 12.3. The molecule has 0 saturated carbocycles. The Balaban J connectivity index is 2.32. The van der Waals surface area contributed by atoms with Crippen molar-refractivity contribution in [2.45, 2.75) is 6.04 Å². The molecule has 2 aromatic carbocycles. The minimum absolute atomic E-state index is 0.117. The topological polar surface area (TPSA) is 46.2 Å². The van der Waals surface area contributed by atoms with Crippen molar-refractivity contribution in [1.82, 2.24) is 5.32 Å². The van der Waals surface area contributed by atoms with Crippen molar-refractivity contribution < 1.29 is 9.59 Å². The molecule has 0 aliphatic carbocycles. The van der Waals surface area contributed by atoms with Gasteiger partial charge in [0.1, 0.15) is 6.04 Å². The lowest BCUT2D eigenvalue weighted by Gasteiger charge is -2.15. The molecule has 1 amide bonds. The smallest absolute Gasteiger partial charge is 0.207 e. The van der Waals surface area contributed by atoms with Gasteiger partial charge in [0.2, 0.25) is 6.41 Å². The lowest BCUT2D eigenvalue weighted by molar-refractivity contribution is -0.110. The normalized spacial score (nSPS) is 11.6. The Hall–Kier alpha value is -2.42. The number of carbonyl (C=O) groups is 2. The third kappa shape index (κ3) is 2.63. The number of hydrogen-bond acceptors (Lipinski definition) is 2. The standard InChI is InChI=1S/C15H13NO2/c17-11-16-14(12-7-3-1-4-8-12)15(18)13-9-5-2-6-10-13/h1-11,14H,(H,16,17)/t14-/m0/s1. The number of benzene rings is 2. The van der Waals surface area contributed by atoms with Crippen LogP contribution in [-0.4, -0.2) is 12.2 Å². The summed E-state index contributed by atoms with van der Waals surface area (Å²) in [6.45, 7) is 0. The molecule has 2 rings (SSSR count). The maximum Gasteiger partial charge on any atom is 0.207 e. The molecule has 0 heterocycles. The Labute approximate surface area is 105 Å². The monoisotopic (exact) mass is 239 g/mol. The van der Waals surface area contributed by atoms with Gasteiger partial charge in [-0.05, 0) is 5.56 Å². The van der Waals surface area contributed by atoms with Gasteiger partial charge >= 0.3 is 0 Å². The summed E-state index contributed by atoms with van der Waals surface area (Å²) in [5, 5.41) is 2.57. The SMILES string of the molecule is O=CN[C@H](C(=O)c1ccccc1)c1ccccc1. The van der Waals surface area contributed by atoms with Crippen molar-refractivity contribution in [1.29, 1.82) is 0 Å². The summed E-state index contributed by atoms with van der Waals surface area (Å²) >= 11 is 0. The molecule has 0 fully saturated rings. The van der Waals surface area contributed by atoms with Gasteiger partial charge in [-0.2, -0.15) is 0 Å². The maximum atomic E-state index is 12.3. The molecule has 1 atom stereocenters. The molecule has 90 valence electrons. The van der Waals surface area contributed by atoms with Crippen LogP contribution in [0.25, 0.3) is 0 Å². The fourth-order valence-electron chi connectivity index (χ4n) is 1.81. The summed E-state index contributed by atoms with van der Waals surface area (Å²) in [6.07, 6.45) is 0.554. The van der Waals surface area contributed by atoms with Crippen molar-refractivity contribution in [3.8, 4) is 0 Å². The van der Waals surface area contributed by atoms with E-state index in [0.29, 0.717) is 12.0 Å². The first-order chi connectivity index (χ1) is 8.83. The predicted octanol–water partition coefficient (Wildman–Crippen LogP) is 2.36. The van der Waals surface area contributed by atoms with Gasteiger partial charge in [0.25, 0.3) is 0 Å². The lowest BCUT2D eigenvalue weighted by Crippen LogP contribution is -2.27. The zero-order chi connectivity index (χ0) is 12.8. The van der Waals surface area contributed by atoms with Gasteiger partial charge in [-0.15, -0.1) is 0 Å². The molecular weight excluding hydrogens is 226 g/mol. The van der Waals surface area contributed by atoms with E-state index in [4.69, 9.17) is 0 Å². The highest BCUT2D eigenvalue weighted by atomic mass is 16.1. The van der Waals surface area contributed by atoms with Crippen LogP contribution < -0.4 is 5.32 Å². The Morgan fingerprint density at radius 2 is 1.50 bits per heavy atom. The van der Waals surface area contributed by atoms with Gasteiger partial charge in [0.15, 0.2) is 5.78 Å². The summed E-state index contributed by atoms with van der Waals surface area (Å²) in [6, 6.07) is 17.5. The van der Waals surface area contributed by atoms with Crippen molar-refractivity contribution in [3.05, 3.63) is 71.8 Å². The van der Waals surface area contributed by atoms with E-state index in [2.05, 4.69) is 5.32 Å². The third-order valence-electron chi connectivity index (χ3n) is 2.69. The van der Waals surface area contributed by atoms with Crippen molar-refractivity contribution >= 4 is 12.2 Å². The van der Waals surface area contributed by atoms with Crippen LogP contribution in [0.5, 0.6) is 0 Å². The predicted molar refractivity (Wildman–Crippen MR) is 69.2 cm³/mol. The molecule has 0 spiro atoms. The zero-order valence-corrected chi connectivity index (χ0v) is 9.74. The number of hydrogen-bond donors (Lipinski definition) is 1. The first-order valence-electron chi connectivity index (χ1n) is 5.67. The van der Waals surface area contributed by atoms with Crippen LogP contribution in [0, 0.1) is 0 Å². The van der Waals surface area contributed by atoms with Crippen LogP contribution in [0.15, 0.2) is 60.7 Å². The van der Waals surface area contributed by atoms with E-state index < -0.39 is 6.04 Å². The summed E-state index contributed by atoms with van der Waals surface area (Å²) in [5.41, 5.74) is 1.36. The first-order valence-corrected chi connectivity index (χ1v) is 5.67. The molecule has 0 bridgehead atoms. The van der Waals surface area contributed by atoms with Crippen molar-refractivity contribution in [2.24, 2.45) is 0 Å². The fourth-order valence-corrected chi connectivity index (χ4v) is 1.81. The molecule has 0 unspecified atom stereocenters. The molecule has 0 aromatic heterocycles. The number of amides is 1. The van der Waals surface area contributed by atoms with Crippen LogP contribution in [0.1, 0.15) is 22.0 Å². The van der Waals surface area contributed by atoms with Crippen LogP contribution in [0.3, 0.4) is 0 Å². The third-order valence-corrected chi connectivity index (χ3v) is 2.69. The second-order valence-electron chi connectivity index (χ2n) is 3.86. The largest absolute Gasteiger partial charge is 0.344 e. The number of ketones is 1. The number of Topliss-reactive ketones (excluding diaryl/α,β-unsaturated/α-hetero) is 1. The van der Waals surface area contributed by atoms with Gasteiger partial charge in [-0.25, -0.2) is 0 Å². The molecule has 0 aliphatic rings. The summed E-state index contributed by atoms with van der Waals surface area (Å²) in [7, 11) is 0. The molecular formula is C15H13NO2. The Morgan fingerprint density at radius 3 is 2.06 bits per heavy atom. The van der Waals surface area contributed by atoms with Gasteiger partial charge in [-0.1, -0.05) is 60.7 Å². The molecule has 0 radical (unpaired) electrons.